The Hall–Kier alpha value is -1.06. The molecule has 2 aromatic heterocycles. The highest BCUT2D eigenvalue weighted by Gasteiger charge is 2.74. The topological polar surface area (TPSA) is 69.1 Å². The van der Waals surface area contributed by atoms with Crippen LogP contribution < -0.4 is 21.8 Å². The summed E-state index contributed by atoms with van der Waals surface area (Å²) in [6.07, 6.45) is 0. The van der Waals surface area contributed by atoms with Gasteiger partial charge in [0.05, 0.1) is 10.6 Å². The van der Waals surface area contributed by atoms with Gasteiger partial charge in [0.2, 0.25) is 7.14 Å². The van der Waals surface area contributed by atoms with Gasteiger partial charge in [-0.25, -0.2) is 4.98 Å². The van der Waals surface area contributed by atoms with Crippen molar-refractivity contribution in [2.24, 2.45) is 0 Å². The molecule has 1 atom stereocenters. The third-order valence-corrected chi connectivity index (χ3v) is 5.93. The predicted molar refractivity (Wildman–Crippen MR) is 60.6 cm³/mol. The monoisotopic (exact) mass is 282 g/mol. The maximum absolute atomic E-state index is 11.8. The largest absolute Gasteiger partial charge is 0.449 e. The number of aromatic nitrogens is 1. The molecule has 0 amide bonds. The van der Waals surface area contributed by atoms with Crippen molar-refractivity contribution in [1.82, 2.24) is 4.98 Å². The van der Waals surface area contributed by atoms with Crippen LogP contribution in [0.25, 0.3) is 11.5 Å². The molecular weight excluding hydrogens is 279 g/mol. The molecule has 5 heterocycles. The average molecular weight is 283 g/mol. The van der Waals surface area contributed by atoms with Crippen LogP contribution in [0.1, 0.15) is 0 Å². The van der Waals surface area contributed by atoms with Crippen LogP contribution in [0.2, 0.25) is 0 Å². The number of anilines is 1. The summed E-state index contributed by atoms with van der Waals surface area (Å²) in [5, 5.41) is 1.81. The SMILES string of the molecule is Nc1ccc(Br)c(-c2oc3c4c2P34=O)n1. The summed E-state index contributed by atoms with van der Waals surface area (Å²) in [6.45, 7) is 0. The van der Waals surface area contributed by atoms with Crippen LogP contribution in [0, 0.1) is 0 Å². The first-order valence-corrected chi connectivity index (χ1v) is 6.85. The Morgan fingerprint density at radius 3 is 2.73 bits per heavy atom. The Morgan fingerprint density at radius 1 is 1.40 bits per heavy atom. The minimum Gasteiger partial charge on any atom is -0.449 e. The molecule has 2 N–H and O–H groups in total. The van der Waals surface area contributed by atoms with Crippen LogP contribution in [0.15, 0.2) is 21.0 Å². The van der Waals surface area contributed by atoms with Crippen LogP contribution in [-0.2, 0) is 4.57 Å². The van der Waals surface area contributed by atoms with E-state index in [-0.39, 0.29) is 0 Å². The molecule has 0 aliphatic carbocycles. The highest BCUT2D eigenvalue weighted by atomic mass is 79.9. The van der Waals surface area contributed by atoms with Gasteiger partial charge >= 0.3 is 0 Å². The minimum atomic E-state index is -2.16. The molecule has 0 saturated carbocycles. The second-order valence-corrected chi connectivity index (χ2v) is 6.98. The average Bonchev–Trinajstić information content (AvgIpc) is 2.87. The lowest BCUT2D eigenvalue weighted by molar-refractivity contribution is 0.590. The number of halogens is 1. The molecule has 0 fully saturated rings. The van der Waals surface area contributed by atoms with E-state index in [4.69, 9.17) is 10.2 Å². The van der Waals surface area contributed by atoms with Crippen LogP contribution in [0.5, 0.6) is 0 Å². The Kier molecular flexibility index (Phi) is 1.12. The predicted octanol–water partition coefficient (Wildman–Crippen LogP) is 0.952. The van der Waals surface area contributed by atoms with Crippen molar-refractivity contribution < 1.29 is 8.98 Å². The van der Waals surface area contributed by atoms with Crippen molar-refractivity contribution in [2.45, 2.75) is 0 Å². The fraction of sp³-hybridized carbons (Fsp3) is 0. The minimum absolute atomic E-state index is 0.428. The van der Waals surface area contributed by atoms with E-state index in [0.717, 1.165) is 15.1 Å². The quantitative estimate of drug-likeness (QED) is 0.528. The molecule has 0 saturated heterocycles. The number of hydrogen-bond donors (Lipinski definition) is 1. The normalized spacial score (nSPS) is 23.8. The molecule has 5 rings (SSSR count). The van der Waals surface area contributed by atoms with Gasteiger partial charge < -0.3 is 14.7 Å². The van der Waals surface area contributed by atoms with Crippen LogP contribution in [-0.4, -0.2) is 4.98 Å². The zero-order valence-electron chi connectivity index (χ0n) is 7.32. The number of nitrogens with zero attached hydrogens (tertiary/aromatic N) is 1. The van der Waals surface area contributed by atoms with Crippen molar-refractivity contribution in [2.75, 3.05) is 5.73 Å². The third-order valence-electron chi connectivity index (χ3n) is 2.74. The van der Waals surface area contributed by atoms with Gasteiger partial charge in [0.15, 0.2) is 11.3 Å². The van der Waals surface area contributed by atoms with Crippen LogP contribution in [0.3, 0.4) is 0 Å². The first kappa shape index (κ1) is 8.13. The molecule has 74 valence electrons. The smallest absolute Gasteiger partial charge is 0.214 e. The summed E-state index contributed by atoms with van der Waals surface area (Å²) in [5.41, 5.74) is 6.93. The van der Waals surface area contributed by atoms with Gasteiger partial charge in [-0.05, 0) is 28.1 Å². The summed E-state index contributed by atoms with van der Waals surface area (Å²) in [6, 6.07) is 3.51. The molecule has 6 heteroatoms. The number of pyridine rings is 1. The number of rotatable bonds is 1. The molecule has 2 bridgehead atoms. The molecule has 4 nitrogen and oxygen atoms in total. The third kappa shape index (κ3) is 0.734. The lowest BCUT2D eigenvalue weighted by Crippen LogP contribution is -1.98. The second kappa shape index (κ2) is 2.06. The Balaban J connectivity index is 1.99. The Bertz CT molecular complexity index is 683. The van der Waals surface area contributed by atoms with Crippen LogP contribution >= 0.6 is 23.1 Å². The molecule has 2 aromatic rings. The molecule has 3 aliphatic heterocycles. The lowest BCUT2D eigenvalue weighted by atomic mass is 10.3. The van der Waals surface area contributed by atoms with Crippen molar-refractivity contribution >= 4 is 45.0 Å². The van der Waals surface area contributed by atoms with Crippen molar-refractivity contribution in [3.63, 3.8) is 0 Å². The number of furan rings is 1. The van der Waals surface area contributed by atoms with Crippen LogP contribution in [0.4, 0.5) is 5.82 Å². The molecule has 3 aliphatic rings. The maximum Gasteiger partial charge on any atom is 0.214 e. The highest BCUT2D eigenvalue weighted by molar-refractivity contribution is 9.10. The highest BCUT2D eigenvalue weighted by Crippen LogP contribution is 2.70. The standard InChI is InChI=1S/C9H4BrN2O2P/c10-3-1-2-4(11)12-5(3)6-7-8-9(14-6)15(7,8)13/h1-2H,(H2,11,12). The van der Waals surface area contributed by atoms with Crippen molar-refractivity contribution in [1.29, 1.82) is 0 Å². The van der Waals surface area contributed by atoms with E-state index >= 15 is 0 Å². The van der Waals surface area contributed by atoms with Gasteiger partial charge in [-0.15, -0.1) is 0 Å². The van der Waals surface area contributed by atoms with Crippen molar-refractivity contribution in [3.8, 4) is 11.5 Å². The summed E-state index contributed by atoms with van der Waals surface area (Å²) < 4.78 is 18.0. The Morgan fingerprint density at radius 2 is 2.13 bits per heavy atom. The van der Waals surface area contributed by atoms with Gasteiger partial charge in [0, 0.05) is 4.47 Å². The molecule has 1 unspecified atom stereocenters. The number of nitrogens with two attached hydrogens (primary N) is 1. The van der Waals surface area contributed by atoms with E-state index in [1.54, 1.807) is 6.07 Å². The summed E-state index contributed by atoms with van der Waals surface area (Å²) >= 11 is 3.37. The van der Waals surface area contributed by atoms with E-state index in [9.17, 15) is 4.57 Å². The molecule has 0 radical (unpaired) electrons. The molecule has 0 aromatic carbocycles. The van der Waals surface area contributed by atoms with Gasteiger partial charge in [0.25, 0.3) is 0 Å². The summed E-state index contributed by atoms with van der Waals surface area (Å²) in [4.78, 5) is 4.18. The fourth-order valence-electron chi connectivity index (χ4n) is 1.88. The molecular formula is C9H4BrN2O2P. The number of fused-ring (bicyclic) bond motifs is 1. The van der Waals surface area contributed by atoms with E-state index < -0.39 is 7.14 Å². The zero-order valence-corrected chi connectivity index (χ0v) is 9.80. The van der Waals surface area contributed by atoms with E-state index in [1.807, 2.05) is 6.07 Å². The number of hydrogen-bond acceptors (Lipinski definition) is 4. The first-order valence-electron chi connectivity index (χ1n) is 4.35. The van der Waals surface area contributed by atoms with E-state index in [2.05, 4.69) is 20.9 Å². The van der Waals surface area contributed by atoms with Gasteiger partial charge in [-0.3, -0.25) is 0 Å². The van der Waals surface area contributed by atoms with E-state index in [1.165, 1.54) is 0 Å². The van der Waals surface area contributed by atoms with Gasteiger partial charge in [-0.1, -0.05) is 0 Å². The zero-order chi connectivity index (χ0) is 10.4. The summed E-state index contributed by atoms with van der Waals surface area (Å²) in [7, 11) is -2.16. The maximum atomic E-state index is 11.8. The second-order valence-electron chi connectivity index (χ2n) is 3.61. The Labute approximate surface area is 93.0 Å². The molecule has 0 spiro atoms. The molecule has 15 heavy (non-hydrogen) atoms. The number of nitrogen functional groups attached to an aromatic ring is 1. The lowest BCUT2D eigenvalue weighted by Gasteiger charge is -2.00. The van der Waals surface area contributed by atoms with E-state index in [0.29, 0.717) is 22.8 Å². The van der Waals surface area contributed by atoms with Gasteiger partial charge in [-0.2, -0.15) is 0 Å². The first-order chi connectivity index (χ1) is 7.14. The fourth-order valence-corrected chi connectivity index (χ4v) is 4.76. The van der Waals surface area contributed by atoms with Gasteiger partial charge in [0.1, 0.15) is 11.5 Å². The summed E-state index contributed by atoms with van der Waals surface area (Å²) in [5.74, 6) is 1.06. The van der Waals surface area contributed by atoms with Crippen molar-refractivity contribution in [3.05, 3.63) is 16.6 Å².